The SMILES string of the molecule is Cc1ccccc1NC(=O)C(C(C)C)N(C(=O)O)C(C)(C)C. The van der Waals surface area contributed by atoms with E-state index in [1.54, 1.807) is 20.8 Å². The van der Waals surface area contributed by atoms with Gasteiger partial charge in [0.1, 0.15) is 6.04 Å². The lowest BCUT2D eigenvalue weighted by molar-refractivity contribution is -0.124. The van der Waals surface area contributed by atoms with Crippen molar-refractivity contribution in [3.05, 3.63) is 29.8 Å². The molecule has 0 aromatic heterocycles. The summed E-state index contributed by atoms with van der Waals surface area (Å²) in [5, 5.41) is 12.4. The molecule has 0 bridgehead atoms. The topological polar surface area (TPSA) is 69.6 Å². The summed E-state index contributed by atoms with van der Waals surface area (Å²) in [7, 11) is 0. The van der Waals surface area contributed by atoms with Crippen molar-refractivity contribution in [1.29, 1.82) is 0 Å². The molecule has 2 N–H and O–H groups in total. The van der Waals surface area contributed by atoms with Gasteiger partial charge in [0.2, 0.25) is 5.91 Å². The average molecular weight is 306 g/mol. The molecular formula is C17H26N2O3. The van der Waals surface area contributed by atoms with Gasteiger partial charge in [-0.3, -0.25) is 9.69 Å². The fraction of sp³-hybridized carbons (Fsp3) is 0.529. The van der Waals surface area contributed by atoms with E-state index < -0.39 is 17.7 Å². The molecule has 0 aliphatic carbocycles. The first-order valence-electron chi connectivity index (χ1n) is 7.44. The number of hydrogen-bond donors (Lipinski definition) is 2. The Hall–Kier alpha value is -2.04. The van der Waals surface area contributed by atoms with Gasteiger partial charge in [0.15, 0.2) is 0 Å². The maximum absolute atomic E-state index is 12.7. The first kappa shape index (κ1) is 18.0. The molecule has 5 nitrogen and oxygen atoms in total. The molecule has 2 amide bonds. The second-order valence-electron chi connectivity index (χ2n) is 6.82. The zero-order valence-electron chi connectivity index (χ0n) is 14.2. The number of hydrogen-bond acceptors (Lipinski definition) is 2. The van der Waals surface area contributed by atoms with Gasteiger partial charge >= 0.3 is 6.09 Å². The molecule has 22 heavy (non-hydrogen) atoms. The number of amides is 2. The molecule has 5 heteroatoms. The van der Waals surface area contributed by atoms with Crippen LogP contribution in [0.2, 0.25) is 0 Å². The lowest BCUT2D eigenvalue weighted by Crippen LogP contribution is -2.57. The van der Waals surface area contributed by atoms with E-state index in [1.807, 2.05) is 45.0 Å². The van der Waals surface area contributed by atoms with E-state index in [9.17, 15) is 14.7 Å². The Labute approximate surface area is 132 Å². The number of carboxylic acid groups (broad SMARTS) is 1. The molecule has 0 radical (unpaired) electrons. The van der Waals surface area contributed by atoms with Crippen LogP contribution in [0, 0.1) is 12.8 Å². The first-order valence-corrected chi connectivity index (χ1v) is 7.44. The predicted octanol–water partition coefficient (Wildman–Crippen LogP) is 3.74. The van der Waals surface area contributed by atoms with Crippen LogP contribution in [0.5, 0.6) is 0 Å². The Bertz CT molecular complexity index is 547. The van der Waals surface area contributed by atoms with Crippen molar-refractivity contribution in [2.45, 2.75) is 53.1 Å². The van der Waals surface area contributed by atoms with Crippen LogP contribution >= 0.6 is 0 Å². The zero-order chi connectivity index (χ0) is 17.1. The Morgan fingerprint density at radius 3 is 2.14 bits per heavy atom. The van der Waals surface area contributed by atoms with E-state index in [2.05, 4.69) is 5.32 Å². The summed E-state index contributed by atoms with van der Waals surface area (Å²) in [6.07, 6.45) is -1.09. The number of aryl methyl sites for hydroxylation is 1. The van der Waals surface area contributed by atoms with E-state index in [4.69, 9.17) is 0 Å². The van der Waals surface area contributed by atoms with Gasteiger partial charge in [-0.2, -0.15) is 0 Å². The number of rotatable bonds is 4. The quantitative estimate of drug-likeness (QED) is 0.890. The second kappa shape index (κ2) is 6.81. The highest BCUT2D eigenvalue weighted by molar-refractivity contribution is 5.97. The van der Waals surface area contributed by atoms with Crippen molar-refractivity contribution in [3.8, 4) is 0 Å². The van der Waals surface area contributed by atoms with Crippen molar-refractivity contribution >= 4 is 17.7 Å². The molecule has 0 aliphatic heterocycles. The maximum Gasteiger partial charge on any atom is 0.408 e. The molecule has 0 fully saturated rings. The lowest BCUT2D eigenvalue weighted by Gasteiger charge is -2.40. The summed E-state index contributed by atoms with van der Waals surface area (Å²) < 4.78 is 0. The summed E-state index contributed by atoms with van der Waals surface area (Å²) in [5.41, 5.74) is 0.984. The second-order valence-corrected chi connectivity index (χ2v) is 6.82. The van der Waals surface area contributed by atoms with Crippen LogP contribution in [-0.2, 0) is 4.79 Å². The van der Waals surface area contributed by atoms with E-state index in [0.717, 1.165) is 5.56 Å². The average Bonchev–Trinajstić information content (AvgIpc) is 2.35. The monoisotopic (exact) mass is 306 g/mol. The van der Waals surface area contributed by atoms with Crippen LogP contribution in [0.1, 0.15) is 40.2 Å². The molecule has 1 aromatic rings. The van der Waals surface area contributed by atoms with Crippen LogP contribution in [-0.4, -0.2) is 33.6 Å². The van der Waals surface area contributed by atoms with Crippen LogP contribution in [0.25, 0.3) is 0 Å². The van der Waals surface area contributed by atoms with Crippen LogP contribution < -0.4 is 5.32 Å². The largest absolute Gasteiger partial charge is 0.465 e. The molecule has 1 aromatic carbocycles. The normalized spacial score (nSPS) is 12.9. The van der Waals surface area contributed by atoms with Gasteiger partial charge in [-0.05, 0) is 45.2 Å². The zero-order valence-corrected chi connectivity index (χ0v) is 14.2. The van der Waals surface area contributed by atoms with Crippen LogP contribution in [0.3, 0.4) is 0 Å². The van der Waals surface area contributed by atoms with E-state index in [-0.39, 0.29) is 11.8 Å². The van der Waals surface area contributed by atoms with E-state index in [1.165, 1.54) is 4.90 Å². The van der Waals surface area contributed by atoms with Crippen molar-refractivity contribution in [2.75, 3.05) is 5.32 Å². The van der Waals surface area contributed by atoms with Gasteiger partial charge in [-0.1, -0.05) is 32.0 Å². The van der Waals surface area contributed by atoms with Gasteiger partial charge in [-0.25, -0.2) is 4.79 Å². The van der Waals surface area contributed by atoms with Gasteiger partial charge in [-0.15, -0.1) is 0 Å². The number of para-hydroxylation sites is 1. The number of nitrogens with one attached hydrogen (secondary N) is 1. The third-order valence-corrected chi connectivity index (χ3v) is 3.51. The third-order valence-electron chi connectivity index (χ3n) is 3.51. The van der Waals surface area contributed by atoms with Gasteiger partial charge in [0.05, 0.1) is 0 Å². The number of anilines is 1. The van der Waals surface area contributed by atoms with E-state index in [0.29, 0.717) is 5.69 Å². The Morgan fingerprint density at radius 2 is 1.73 bits per heavy atom. The van der Waals surface area contributed by atoms with Crippen molar-refractivity contribution in [2.24, 2.45) is 5.92 Å². The Balaban J connectivity index is 3.12. The Kier molecular flexibility index (Phi) is 5.58. The number of carbonyl (C=O) groups is 2. The smallest absolute Gasteiger partial charge is 0.408 e. The molecule has 122 valence electrons. The molecule has 1 atom stereocenters. The lowest BCUT2D eigenvalue weighted by atomic mass is 9.95. The minimum absolute atomic E-state index is 0.139. The van der Waals surface area contributed by atoms with Crippen molar-refractivity contribution in [3.63, 3.8) is 0 Å². The summed E-state index contributed by atoms with van der Waals surface area (Å²) in [5.74, 6) is -0.444. The third kappa shape index (κ3) is 4.23. The number of carbonyl (C=O) groups excluding carboxylic acids is 1. The fourth-order valence-electron chi connectivity index (χ4n) is 2.46. The minimum Gasteiger partial charge on any atom is -0.465 e. The molecule has 1 unspecified atom stereocenters. The summed E-state index contributed by atoms with van der Waals surface area (Å²) >= 11 is 0. The summed E-state index contributed by atoms with van der Waals surface area (Å²) in [6, 6.07) is 6.69. The highest BCUT2D eigenvalue weighted by atomic mass is 16.4. The maximum atomic E-state index is 12.7. The highest BCUT2D eigenvalue weighted by Gasteiger charge is 2.39. The van der Waals surface area contributed by atoms with Crippen molar-refractivity contribution in [1.82, 2.24) is 4.90 Å². The van der Waals surface area contributed by atoms with Crippen LogP contribution in [0.4, 0.5) is 10.5 Å². The summed E-state index contributed by atoms with van der Waals surface area (Å²) in [4.78, 5) is 25.6. The van der Waals surface area contributed by atoms with Gasteiger partial charge < -0.3 is 10.4 Å². The van der Waals surface area contributed by atoms with E-state index >= 15 is 0 Å². The molecule has 0 aliphatic rings. The predicted molar refractivity (Wildman–Crippen MR) is 88.1 cm³/mol. The van der Waals surface area contributed by atoms with Gasteiger partial charge in [0, 0.05) is 11.2 Å². The molecule has 0 saturated carbocycles. The Morgan fingerprint density at radius 1 is 1.18 bits per heavy atom. The molecule has 0 heterocycles. The molecule has 0 saturated heterocycles. The standard InChI is InChI=1S/C17H26N2O3/c1-11(2)14(19(16(21)22)17(4,5)6)15(20)18-13-10-8-7-9-12(13)3/h7-11,14H,1-6H3,(H,18,20)(H,21,22). The highest BCUT2D eigenvalue weighted by Crippen LogP contribution is 2.24. The number of benzene rings is 1. The van der Waals surface area contributed by atoms with Crippen LogP contribution in [0.15, 0.2) is 24.3 Å². The van der Waals surface area contributed by atoms with Crippen molar-refractivity contribution < 1.29 is 14.7 Å². The first-order chi connectivity index (χ1) is 10.1. The fourth-order valence-corrected chi connectivity index (χ4v) is 2.46. The minimum atomic E-state index is -1.09. The molecular weight excluding hydrogens is 280 g/mol. The molecule has 0 spiro atoms. The number of nitrogens with zero attached hydrogens (tertiary/aromatic N) is 1. The molecule has 1 rings (SSSR count). The summed E-state index contributed by atoms with van der Waals surface area (Å²) in [6.45, 7) is 11.0. The van der Waals surface area contributed by atoms with Gasteiger partial charge in [0.25, 0.3) is 0 Å².